The molecule has 0 atom stereocenters. The number of aryl methyl sites for hydroxylation is 1. The zero-order valence-corrected chi connectivity index (χ0v) is 15.9. The molecule has 140 valence electrons. The minimum Gasteiger partial charge on any atom is -0.457 e. The highest BCUT2D eigenvalue weighted by molar-refractivity contribution is 5.99. The first-order chi connectivity index (χ1) is 12.5. The number of hydrogen-bond donors (Lipinski definition) is 0. The van der Waals surface area contributed by atoms with Crippen LogP contribution in [0.1, 0.15) is 72.7 Å². The number of carbonyl (C=O) groups is 2. The van der Waals surface area contributed by atoms with Crippen LogP contribution in [0.3, 0.4) is 0 Å². The first kappa shape index (κ1) is 16.6. The van der Waals surface area contributed by atoms with Crippen LogP contribution >= 0.6 is 0 Å². The van der Waals surface area contributed by atoms with E-state index in [0.29, 0.717) is 17.9 Å². The average Bonchev–Trinajstić information content (AvgIpc) is 3.37. The van der Waals surface area contributed by atoms with Gasteiger partial charge in [-0.05, 0) is 88.5 Å². The second-order valence-electron chi connectivity index (χ2n) is 9.37. The summed E-state index contributed by atoms with van der Waals surface area (Å²) in [6, 6.07) is 2.53. The summed E-state index contributed by atoms with van der Waals surface area (Å²) in [5.74, 6) is 2.59. The maximum absolute atomic E-state index is 12.8. The van der Waals surface area contributed by atoms with Crippen molar-refractivity contribution in [3.63, 3.8) is 0 Å². The van der Waals surface area contributed by atoms with Gasteiger partial charge in [0.15, 0.2) is 6.61 Å². The van der Waals surface area contributed by atoms with Crippen LogP contribution in [0, 0.1) is 43.4 Å². The highest BCUT2D eigenvalue weighted by Gasteiger charge is 2.51. The Bertz CT molecular complexity index is 730. The summed E-state index contributed by atoms with van der Waals surface area (Å²) in [5.41, 5.74) is 2.90. The van der Waals surface area contributed by atoms with Gasteiger partial charge in [-0.25, -0.2) is 0 Å². The van der Waals surface area contributed by atoms with Crippen molar-refractivity contribution in [2.75, 3.05) is 6.61 Å². The van der Waals surface area contributed by atoms with Crippen LogP contribution in [-0.2, 0) is 9.53 Å². The molecular formula is C22H29NO3. The van der Waals surface area contributed by atoms with Gasteiger partial charge in [0.25, 0.3) is 0 Å². The molecule has 0 unspecified atom stereocenters. The molecule has 5 fully saturated rings. The fourth-order valence-corrected chi connectivity index (χ4v) is 6.57. The lowest BCUT2D eigenvalue weighted by atomic mass is 9.52. The fraction of sp³-hybridized carbons (Fsp3) is 0.727. The van der Waals surface area contributed by atoms with Crippen LogP contribution in [0.25, 0.3) is 0 Å². The topological polar surface area (TPSA) is 48.3 Å². The second-order valence-corrected chi connectivity index (χ2v) is 9.37. The van der Waals surface area contributed by atoms with Gasteiger partial charge in [0.05, 0.1) is 5.92 Å². The number of aromatic nitrogens is 1. The number of esters is 1. The van der Waals surface area contributed by atoms with Crippen molar-refractivity contribution in [2.45, 2.75) is 64.8 Å². The number of Topliss-reactive ketones (excluding diaryl/α,β-unsaturated/α-hetero) is 1. The van der Waals surface area contributed by atoms with Crippen molar-refractivity contribution in [2.24, 2.45) is 29.6 Å². The molecule has 0 aromatic carbocycles. The van der Waals surface area contributed by atoms with Gasteiger partial charge in [0.1, 0.15) is 0 Å². The van der Waals surface area contributed by atoms with Crippen molar-refractivity contribution in [1.82, 2.24) is 4.57 Å². The SMILES string of the molecule is Cc1cc(C(=O)COC(=O)C2C3CC4CC(C3)CC2C4)c(C)n1C1CC1. The van der Waals surface area contributed by atoms with Gasteiger partial charge in [0.2, 0.25) is 5.78 Å². The molecule has 4 bridgehead atoms. The molecule has 6 rings (SSSR count). The summed E-state index contributed by atoms with van der Waals surface area (Å²) in [7, 11) is 0. The summed E-state index contributed by atoms with van der Waals surface area (Å²) in [6.07, 6.45) is 8.57. The summed E-state index contributed by atoms with van der Waals surface area (Å²) >= 11 is 0. The summed E-state index contributed by atoms with van der Waals surface area (Å²) in [6.45, 7) is 3.97. The molecule has 0 amide bonds. The quantitative estimate of drug-likeness (QED) is 0.586. The molecule has 1 aromatic heterocycles. The Morgan fingerprint density at radius 3 is 2.23 bits per heavy atom. The van der Waals surface area contributed by atoms with E-state index in [1.807, 2.05) is 13.0 Å². The minimum atomic E-state index is -0.108. The number of hydrogen-bond acceptors (Lipinski definition) is 3. The van der Waals surface area contributed by atoms with E-state index in [2.05, 4.69) is 11.5 Å². The molecule has 0 N–H and O–H groups in total. The van der Waals surface area contributed by atoms with E-state index in [4.69, 9.17) is 4.74 Å². The predicted octanol–water partition coefficient (Wildman–Crippen LogP) is 4.24. The summed E-state index contributed by atoms with van der Waals surface area (Å²) in [5, 5.41) is 0. The minimum absolute atomic E-state index is 0.0505. The van der Waals surface area contributed by atoms with E-state index >= 15 is 0 Å². The zero-order chi connectivity index (χ0) is 18.0. The van der Waals surface area contributed by atoms with E-state index in [9.17, 15) is 9.59 Å². The van der Waals surface area contributed by atoms with Gasteiger partial charge >= 0.3 is 5.97 Å². The van der Waals surface area contributed by atoms with Crippen LogP contribution in [0.4, 0.5) is 0 Å². The number of nitrogens with zero attached hydrogens (tertiary/aromatic N) is 1. The van der Waals surface area contributed by atoms with Crippen molar-refractivity contribution in [3.05, 3.63) is 23.0 Å². The van der Waals surface area contributed by atoms with Crippen molar-refractivity contribution < 1.29 is 14.3 Å². The van der Waals surface area contributed by atoms with Crippen molar-refractivity contribution in [3.8, 4) is 0 Å². The maximum atomic E-state index is 12.8. The number of rotatable bonds is 5. The molecule has 5 aliphatic rings. The number of ketones is 1. The Labute approximate surface area is 155 Å². The van der Waals surface area contributed by atoms with Gasteiger partial charge in [0, 0.05) is 23.0 Å². The summed E-state index contributed by atoms with van der Waals surface area (Å²) < 4.78 is 7.84. The number of ether oxygens (including phenoxy) is 1. The molecule has 4 heteroatoms. The third-order valence-electron chi connectivity index (χ3n) is 7.54. The van der Waals surface area contributed by atoms with E-state index in [-0.39, 0.29) is 24.3 Å². The Morgan fingerprint density at radius 2 is 1.65 bits per heavy atom. The molecule has 26 heavy (non-hydrogen) atoms. The molecule has 1 aromatic rings. The third-order valence-corrected chi connectivity index (χ3v) is 7.54. The van der Waals surface area contributed by atoms with Crippen LogP contribution in [0.15, 0.2) is 6.07 Å². The Kier molecular flexibility index (Phi) is 3.81. The molecular weight excluding hydrogens is 326 g/mol. The lowest BCUT2D eigenvalue weighted by molar-refractivity contribution is -0.161. The maximum Gasteiger partial charge on any atom is 0.309 e. The lowest BCUT2D eigenvalue weighted by Crippen LogP contribution is -2.48. The second kappa shape index (κ2) is 5.97. The fourth-order valence-electron chi connectivity index (χ4n) is 6.57. The van der Waals surface area contributed by atoms with Gasteiger partial charge in [-0.1, -0.05) is 0 Å². The van der Waals surface area contributed by atoms with Crippen LogP contribution < -0.4 is 0 Å². The Balaban J connectivity index is 1.24. The molecule has 5 aliphatic carbocycles. The highest BCUT2D eigenvalue weighted by Crippen LogP contribution is 2.56. The smallest absolute Gasteiger partial charge is 0.309 e. The monoisotopic (exact) mass is 355 g/mol. The van der Waals surface area contributed by atoms with Gasteiger partial charge in [-0.2, -0.15) is 0 Å². The van der Waals surface area contributed by atoms with E-state index in [1.54, 1.807) is 0 Å². The van der Waals surface area contributed by atoms with Crippen LogP contribution in [0.2, 0.25) is 0 Å². The van der Waals surface area contributed by atoms with E-state index in [1.165, 1.54) is 44.9 Å². The standard InChI is InChI=1S/C22H29NO3/c1-12-5-19(13(2)23(12)18-3-4-18)20(24)11-26-22(25)21-16-7-14-6-15(9-16)10-17(21)8-14/h5,14-18,21H,3-4,6-11H2,1-2H3. The van der Waals surface area contributed by atoms with Crippen LogP contribution in [-0.4, -0.2) is 22.9 Å². The molecule has 0 spiro atoms. The predicted molar refractivity (Wildman–Crippen MR) is 98.0 cm³/mol. The molecule has 0 saturated heterocycles. The third kappa shape index (κ3) is 2.64. The van der Waals surface area contributed by atoms with E-state index < -0.39 is 0 Å². The first-order valence-corrected chi connectivity index (χ1v) is 10.4. The van der Waals surface area contributed by atoms with Crippen LogP contribution in [0.5, 0.6) is 0 Å². The Hall–Kier alpha value is -1.58. The first-order valence-electron chi connectivity index (χ1n) is 10.4. The average molecular weight is 355 g/mol. The van der Waals surface area contributed by atoms with Gasteiger partial charge in [-0.15, -0.1) is 0 Å². The molecule has 1 heterocycles. The van der Waals surface area contributed by atoms with Gasteiger partial charge in [-0.3, -0.25) is 9.59 Å². The molecule has 5 saturated carbocycles. The lowest BCUT2D eigenvalue weighted by Gasteiger charge is -2.53. The normalized spacial score (nSPS) is 34.9. The molecule has 4 nitrogen and oxygen atoms in total. The number of carbonyl (C=O) groups excluding carboxylic acids is 2. The zero-order valence-electron chi connectivity index (χ0n) is 15.9. The largest absolute Gasteiger partial charge is 0.457 e. The van der Waals surface area contributed by atoms with Crippen molar-refractivity contribution >= 4 is 11.8 Å². The summed E-state index contributed by atoms with van der Waals surface area (Å²) in [4.78, 5) is 25.4. The van der Waals surface area contributed by atoms with E-state index in [0.717, 1.165) is 28.8 Å². The van der Waals surface area contributed by atoms with Crippen molar-refractivity contribution in [1.29, 1.82) is 0 Å². The molecule has 0 aliphatic heterocycles. The Morgan fingerprint density at radius 1 is 1.04 bits per heavy atom. The van der Waals surface area contributed by atoms with Gasteiger partial charge < -0.3 is 9.30 Å². The highest BCUT2D eigenvalue weighted by atomic mass is 16.5. The molecule has 0 radical (unpaired) electrons.